The summed E-state index contributed by atoms with van der Waals surface area (Å²) < 4.78 is 6.24. The van der Waals surface area contributed by atoms with Gasteiger partial charge in [-0.1, -0.05) is 12.1 Å². The molecule has 0 saturated carbocycles. The number of benzene rings is 1. The minimum atomic E-state index is 0.688. The van der Waals surface area contributed by atoms with E-state index in [4.69, 9.17) is 4.74 Å². The van der Waals surface area contributed by atoms with Crippen molar-refractivity contribution in [3.63, 3.8) is 0 Å². The molecule has 2 aromatic rings. The molecule has 2 rings (SSSR count). The summed E-state index contributed by atoms with van der Waals surface area (Å²) in [6.45, 7) is 1.95. The molecule has 13 heavy (non-hydrogen) atoms. The number of hydrogen-bond donors (Lipinski definition) is 1. The van der Waals surface area contributed by atoms with Gasteiger partial charge in [0.2, 0.25) is 0 Å². The Morgan fingerprint density at radius 1 is 1.38 bits per heavy atom. The molecule has 3 heteroatoms. The van der Waals surface area contributed by atoms with Crippen LogP contribution >= 0.6 is 0 Å². The Morgan fingerprint density at radius 2 is 2.15 bits per heavy atom. The monoisotopic (exact) mass is 177 g/mol. The molecular weight excluding hydrogens is 166 g/mol. The zero-order chi connectivity index (χ0) is 9.42. The van der Waals surface area contributed by atoms with Crippen molar-refractivity contribution < 1.29 is 9.94 Å². The molecule has 0 atom stereocenters. The van der Waals surface area contributed by atoms with E-state index in [0.717, 1.165) is 21.2 Å². The van der Waals surface area contributed by atoms with Gasteiger partial charge in [0.15, 0.2) is 0 Å². The molecule has 0 radical (unpaired) electrons. The van der Waals surface area contributed by atoms with Gasteiger partial charge in [-0.15, -0.1) is 0 Å². The Bertz CT molecular complexity index is 445. The fourth-order valence-electron chi connectivity index (χ4n) is 1.56. The SMILES string of the molecule is COc1cccc2c(C)cn(O)c12. The summed E-state index contributed by atoms with van der Waals surface area (Å²) in [5.74, 6) is 0.688. The maximum Gasteiger partial charge on any atom is 0.146 e. The van der Waals surface area contributed by atoms with Crippen LogP contribution in [0, 0.1) is 6.92 Å². The van der Waals surface area contributed by atoms with Crippen LogP contribution < -0.4 is 4.74 Å². The molecule has 0 bridgehead atoms. The van der Waals surface area contributed by atoms with Crippen molar-refractivity contribution in [3.8, 4) is 5.75 Å². The Kier molecular flexibility index (Phi) is 1.65. The highest BCUT2D eigenvalue weighted by Gasteiger charge is 2.08. The van der Waals surface area contributed by atoms with Crippen molar-refractivity contribution in [2.45, 2.75) is 6.92 Å². The van der Waals surface area contributed by atoms with Gasteiger partial charge in [-0.05, 0) is 18.6 Å². The van der Waals surface area contributed by atoms with Crippen molar-refractivity contribution in [2.24, 2.45) is 0 Å². The Hall–Kier alpha value is -1.64. The Balaban J connectivity index is 2.88. The summed E-state index contributed by atoms with van der Waals surface area (Å²) >= 11 is 0. The minimum Gasteiger partial charge on any atom is -0.494 e. The number of nitrogens with zero attached hydrogens (tertiary/aromatic N) is 1. The first-order chi connectivity index (χ1) is 6.24. The maximum absolute atomic E-state index is 9.54. The molecule has 0 aliphatic carbocycles. The minimum absolute atomic E-state index is 0.688. The van der Waals surface area contributed by atoms with Crippen LogP contribution in [0.4, 0.5) is 0 Å². The van der Waals surface area contributed by atoms with E-state index in [0.29, 0.717) is 5.75 Å². The molecule has 0 amide bonds. The number of hydrogen-bond acceptors (Lipinski definition) is 2. The number of aryl methyl sites for hydroxylation is 1. The lowest BCUT2D eigenvalue weighted by molar-refractivity contribution is 0.198. The number of para-hydroxylation sites is 1. The average Bonchev–Trinajstić information content (AvgIpc) is 2.43. The van der Waals surface area contributed by atoms with Crippen molar-refractivity contribution in [2.75, 3.05) is 7.11 Å². The highest BCUT2D eigenvalue weighted by molar-refractivity contribution is 5.88. The van der Waals surface area contributed by atoms with E-state index >= 15 is 0 Å². The lowest BCUT2D eigenvalue weighted by atomic mass is 10.2. The second-order valence-electron chi connectivity index (χ2n) is 3.01. The van der Waals surface area contributed by atoms with Crippen LogP contribution in [0.2, 0.25) is 0 Å². The quantitative estimate of drug-likeness (QED) is 0.677. The van der Waals surface area contributed by atoms with E-state index in [1.165, 1.54) is 0 Å². The lowest BCUT2D eigenvalue weighted by Crippen LogP contribution is -1.90. The number of ether oxygens (including phenoxy) is 1. The molecule has 1 heterocycles. The van der Waals surface area contributed by atoms with Gasteiger partial charge < -0.3 is 9.94 Å². The van der Waals surface area contributed by atoms with Crippen LogP contribution in [0.15, 0.2) is 24.4 Å². The van der Waals surface area contributed by atoms with Gasteiger partial charge in [0, 0.05) is 11.6 Å². The summed E-state index contributed by atoms with van der Waals surface area (Å²) in [5, 5.41) is 10.6. The van der Waals surface area contributed by atoms with E-state index in [1.807, 2.05) is 25.1 Å². The van der Waals surface area contributed by atoms with Gasteiger partial charge in [-0.2, -0.15) is 4.73 Å². The third kappa shape index (κ3) is 1.04. The van der Waals surface area contributed by atoms with E-state index in [-0.39, 0.29) is 0 Å². The number of aromatic nitrogens is 1. The largest absolute Gasteiger partial charge is 0.494 e. The molecule has 0 aliphatic rings. The average molecular weight is 177 g/mol. The zero-order valence-electron chi connectivity index (χ0n) is 7.61. The van der Waals surface area contributed by atoms with Crippen LogP contribution in [-0.2, 0) is 0 Å². The standard InChI is InChI=1S/C10H11NO2/c1-7-6-11(12)10-8(7)4-3-5-9(10)13-2/h3-6,12H,1-2H3. The number of fused-ring (bicyclic) bond motifs is 1. The fourth-order valence-corrected chi connectivity index (χ4v) is 1.56. The zero-order valence-corrected chi connectivity index (χ0v) is 7.61. The van der Waals surface area contributed by atoms with Gasteiger partial charge in [0.1, 0.15) is 11.3 Å². The fraction of sp³-hybridized carbons (Fsp3) is 0.200. The van der Waals surface area contributed by atoms with E-state index in [1.54, 1.807) is 13.3 Å². The molecule has 0 aliphatic heterocycles. The van der Waals surface area contributed by atoms with Crippen LogP contribution in [0.5, 0.6) is 5.75 Å². The van der Waals surface area contributed by atoms with Gasteiger partial charge >= 0.3 is 0 Å². The van der Waals surface area contributed by atoms with Gasteiger partial charge in [0.05, 0.1) is 7.11 Å². The predicted molar refractivity (Wildman–Crippen MR) is 50.4 cm³/mol. The predicted octanol–water partition coefficient (Wildman–Crippen LogP) is 2.20. The molecule has 68 valence electrons. The van der Waals surface area contributed by atoms with Gasteiger partial charge in [0.25, 0.3) is 0 Å². The molecule has 1 aromatic carbocycles. The topological polar surface area (TPSA) is 34.4 Å². The molecule has 0 spiro atoms. The second kappa shape index (κ2) is 2.69. The highest BCUT2D eigenvalue weighted by atomic mass is 16.5. The third-order valence-electron chi connectivity index (χ3n) is 2.19. The van der Waals surface area contributed by atoms with E-state index < -0.39 is 0 Å². The molecule has 3 nitrogen and oxygen atoms in total. The summed E-state index contributed by atoms with van der Waals surface area (Å²) in [6.07, 6.45) is 1.67. The molecular formula is C10H11NO2. The first-order valence-corrected chi connectivity index (χ1v) is 4.08. The van der Waals surface area contributed by atoms with Crippen molar-refractivity contribution >= 4 is 10.9 Å². The van der Waals surface area contributed by atoms with Gasteiger partial charge in [-0.3, -0.25) is 0 Å². The van der Waals surface area contributed by atoms with Crippen LogP contribution in [-0.4, -0.2) is 17.0 Å². The normalized spacial score (nSPS) is 10.6. The lowest BCUT2D eigenvalue weighted by Gasteiger charge is -2.02. The Labute approximate surface area is 76.1 Å². The van der Waals surface area contributed by atoms with Crippen molar-refractivity contribution in [1.29, 1.82) is 0 Å². The van der Waals surface area contributed by atoms with Crippen LogP contribution in [0.3, 0.4) is 0 Å². The smallest absolute Gasteiger partial charge is 0.146 e. The van der Waals surface area contributed by atoms with Gasteiger partial charge in [-0.25, -0.2) is 0 Å². The van der Waals surface area contributed by atoms with E-state index in [9.17, 15) is 5.21 Å². The van der Waals surface area contributed by atoms with Crippen LogP contribution in [0.1, 0.15) is 5.56 Å². The third-order valence-corrected chi connectivity index (χ3v) is 2.19. The summed E-state index contributed by atoms with van der Waals surface area (Å²) in [5.41, 5.74) is 1.76. The summed E-state index contributed by atoms with van der Waals surface area (Å²) in [6, 6.07) is 5.70. The van der Waals surface area contributed by atoms with Crippen molar-refractivity contribution in [3.05, 3.63) is 30.0 Å². The molecule has 0 saturated heterocycles. The molecule has 1 N–H and O–H groups in total. The molecule has 0 unspecified atom stereocenters. The maximum atomic E-state index is 9.54. The number of methoxy groups -OCH3 is 1. The van der Waals surface area contributed by atoms with Crippen LogP contribution in [0.25, 0.3) is 10.9 Å². The number of rotatable bonds is 1. The first kappa shape index (κ1) is 7.98. The summed E-state index contributed by atoms with van der Waals surface area (Å²) in [4.78, 5) is 0. The van der Waals surface area contributed by atoms with Crippen molar-refractivity contribution in [1.82, 2.24) is 4.73 Å². The first-order valence-electron chi connectivity index (χ1n) is 4.08. The Morgan fingerprint density at radius 3 is 2.85 bits per heavy atom. The second-order valence-corrected chi connectivity index (χ2v) is 3.01. The summed E-state index contributed by atoms with van der Waals surface area (Å²) in [7, 11) is 1.59. The molecule has 0 fully saturated rings. The molecule has 1 aromatic heterocycles. The highest BCUT2D eigenvalue weighted by Crippen LogP contribution is 2.27. The van der Waals surface area contributed by atoms with E-state index in [2.05, 4.69) is 0 Å².